The molecule has 0 bridgehead atoms. The molecule has 1 fully saturated rings. The second-order valence-electron chi connectivity index (χ2n) is 5.54. The lowest BCUT2D eigenvalue weighted by Crippen LogP contribution is -2.61. The van der Waals surface area contributed by atoms with Crippen molar-refractivity contribution in [1.82, 2.24) is 14.3 Å². The van der Waals surface area contributed by atoms with E-state index in [9.17, 15) is 8.42 Å². The molecule has 1 heterocycles. The maximum atomic E-state index is 12.2. The SMILES string of the molecule is CC1CNCC(C)N1S(=O)(=O)NC(C)(C)C. The molecule has 1 aliphatic heterocycles. The van der Waals surface area contributed by atoms with Crippen molar-refractivity contribution >= 4 is 10.2 Å². The molecule has 2 N–H and O–H groups in total. The molecule has 0 aliphatic carbocycles. The third-order valence-corrected chi connectivity index (χ3v) is 4.61. The summed E-state index contributed by atoms with van der Waals surface area (Å²) in [4.78, 5) is 0. The Hall–Kier alpha value is -0.170. The fraction of sp³-hybridized carbons (Fsp3) is 1.00. The van der Waals surface area contributed by atoms with Gasteiger partial charge in [-0.1, -0.05) is 0 Å². The van der Waals surface area contributed by atoms with Gasteiger partial charge in [0.05, 0.1) is 0 Å². The van der Waals surface area contributed by atoms with Crippen LogP contribution >= 0.6 is 0 Å². The fourth-order valence-electron chi connectivity index (χ4n) is 2.03. The number of hydrogen-bond acceptors (Lipinski definition) is 3. The molecule has 96 valence electrons. The lowest BCUT2D eigenvalue weighted by Gasteiger charge is -2.39. The zero-order chi connectivity index (χ0) is 12.6. The summed E-state index contributed by atoms with van der Waals surface area (Å²) in [6.07, 6.45) is 0. The van der Waals surface area contributed by atoms with Crippen molar-refractivity contribution in [3.8, 4) is 0 Å². The third-order valence-electron chi connectivity index (χ3n) is 2.46. The summed E-state index contributed by atoms with van der Waals surface area (Å²) in [5.41, 5.74) is -0.441. The van der Waals surface area contributed by atoms with Gasteiger partial charge < -0.3 is 5.32 Å². The van der Waals surface area contributed by atoms with Gasteiger partial charge in [0.1, 0.15) is 0 Å². The maximum Gasteiger partial charge on any atom is 0.280 e. The normalized spacial score (nSPS) is 29.3. The first-order chi connectivity index (χ1) is 7.13. The highest BCUT2D eigenvalue weighted by Gasteiger charge is 2.36. The first kappa shape index (κ1) is 13.9. The van der Waals surface area contributed by atoms with Gasteiger partial charge in [0.2, 0.25) is 0 Å². The van der Waals surface area contributed by atoms with E-state index in [1.807, 2.05) is 34.6 Å². The number of piperazine rings is 1. The number of nitrogens with one attached hydrogen (secondary N) is 2. The van der Waals surface area contributed by atoms with Gasteiger partial charge in [-0.05, 0) is 34.6 Å². The number of nitrogens with zero attached hydrogens (tertiary/aromatic N) is 1. The average molecular weight is 249 g/mol. The van der Waals surface area contributed by atoms with E-state index in [0.29, 0.717) is 13.1 Å². The van der Waals surface area contributed by atoms with Crippen LogP contribution in [0.3, 0.4) is 0 Å². The Bertz CT molecular complexity index is 324. The summed E-state index contributed by atoms with van der Waals surface area (Å²) >= 11 is 0. The maximum absolute atomic E-state index is 12.2. The van der Waals surface area contributed by atoms with Crippen molar-refractivity contribution in [3.05, 3.63) is 0 Å². The zero-order valence-electron chi connectivity index (χ0n) is 10.7. The Kier molecular flexibility index (Phi) is 3.99. The van der Waals surface area contributed by atoms with Crippen LogP contribution in [0.4, 0.5) is 0 Å². The molecular formula is C10H23N3O2S. The van der Waals surface area contributed by atoms with E-state index >= 15 is 0 Å². The predicted octanol–water partition coefficient (Wildman–Crippen LogP) is 0.302. The standard InChI is InChI=1S/C10H23N3O2S/c1-8-6-11-7-9(2)13(8)16(14,15)12-10(3,4)5/h8-9,11-12H,6-7H2,1-5H3. The van der Waals surface area contributed by atoms with Crippen molar-refractivity contribution in [2.75, 3.05) is 13.1 Å². The number of hydrogen-bond donors (Lipinski definition) is 2. The molecule has 1 saturated heterocycles. The van der Waals surface area contributed by atoms with Crippen LogP contribution in [0.5, 0.6) is 0 Å². The number of rotatable bonds is 2. The predicted molar refractivity (Wildman–Crippen MR) is 65.4 cm³/mol. The molecule has 0 aromatic rings. The van der Waals surface area contributed by atoms with E-state index in [2.05, 4.69) is 10.0 Å². The Morgan fingerprint density at radius 2 is 1.62 bits per heavy atom. The molecule has 2 unspecified atom stereocenters. The molecule has 16 heavy (non-hydrogen) atoms. The van der Waals surface area contributed by atoms with Crippen LogP contribution in [-0.2, 0) is 10.2 Å². The summed E-state index contributed by atoms with van der Waals surface area (Å²) in [6, 6.07) is -0.0211. The Balaban J connectivity index is 2.89. The molecule has 0 aromatic carbocycles. The van der Waals surface area contributed by atoms with Gasteiger partial charge in [0.25, 0.3) is 10.2 Å². The summed E-state index contributed by atoms with van der Waals surface area (Å²) in [7, 11) is -3.40. The van der Waals surface area contributed by atoms with Crippen LogP contribution < -0.4 is 10.0 Å². The second kappa shape index (κ2) is 4.60. The average Bonchev–Trinajstić information content (AvgIpc) is 1.97. The minimum absolute atomic E-state index is 0.0106. The van der Waals surface area contributed by atoms with Crippen molar-refractivity contribution in [1.29, 1.82) is 0 Å². The van der Waals surface area contributed by atoms with Gasteiger partial charge >= 0.3 is 0 Å². The Morgan fingerprint density at radius 1 is 1.19 bits per heavy atom. The second-order valence-corrected chi connectivity index (χ2v) is 7.12. The minimum Gasteiger partial charge on any atom is -0.314 e. The third kappa shape index (κ3) is 3.41. The fourth-order valence-corrected chi connectivity index (χ4v) is 4.00. The van der Waals surface area contributed by atoms with Gasteiger partial charge in [-0.3, -0.25) is 0 Å². The van der Waals surface area contributed by atoms with Crippen molar-refractivity contribution in [2.45, 2.75) is 52.2 Å². The summed E-state index contributed by atoms with van der Waals surface area (Å²) < 4.78 is 28.7. The summed E-state index contributed by atoms with van der Waals surface area (Å²) in [5, 5.41) is 3.22. The van der Waals surface area contributed by atoms with Crippen LogP contribution in [-0.4, -0.2) is 43.4 Å². The van der Waals surface area contributed by atoms with E-state index in [0.717, 1.165) is 0 Å². The van der Waals surface area contributed by atoms with E-state index in [4.69, 9.17) is 0 Å². The van der Waals surface area contributed by atoms with E-state index in [1.54, 1.807) is 4.31 Å². The highest BCUT2D eigenvalue weighted by atomic mass is 32.2. The van der Waals surface area contributed by atoms with Crippen LogP contribution in [0.25, 0.3) is 0 Å². The lowest BCUT2D eigenvalue weighted by molar-refractivity contribution is 0.214. The van der Waals surface area contributed by atoms with Gasteiger partial charge in [0.15, 0.2) is 0 Å². The highest BCUT2D eigenvalue weighted by Crippen LogP contribution is 2.16. The minimum atomic E-state index is -3.40. The monoisotopic (exact) mass is 249 g/mol. The first-order valence-electron chi connectivity index (χ1n) is 5.66. The molecule has 2 atom stereocenters. The summed E-state index contributed by atoms with van der Waals surface area (Å²) in [6.45, 7) is 10.8. The van der Waals surface area contributed by atoms with E-state index in [-0.39, 0.29) is 12.1 Å². The summed E-state index contributed by atoms with van der Waals surface area (Å²) in [5.74, 6) is 0. The van der Waals surface area contributed by atoms with Crippen molar-refractivity contribution in [2.24, 2.45) is 0 Å². The van der Waals surface area contributed by atoms with Crippen molar-refractivity contribution < 1.29 is 8.42 Å². The highest BCUT2D eigenvalue weighted by molar-refractivity contribution is 7.87. The molecule has 1 rings (SSSR count). The van der Waals surface area contributed by atoms with Gasteiger partial charge in [-0.25, -0.2) is 0 Å². The van der Waals surface area contributed by atoms with Gasteiger partial charge in [-0.15, -0.1) is 0 Å². The lowest BCUT2D eigenvalue weighted by atomic mass is 10.1. The Labute approximate surface area is 98.8 Å². The Morgan fingerprint density at radius 3 is 2.00 bits per heavy atom. The van der Waals surface area contributed by atoms with Crippen LogP contribution in [0.1, 0.15) is 34.6 Å². The van der Waals surface area contributed by atoms with Crippen LogP contribution in [0, 0.1) is 0 Å². The van der Waals surface area contributed by atoms with E-state index in [1.165, 1.54) is 0 Å². The quantitative estimate of drug-likeness (QED) is 0.740. The first-order valence-corrected chi connectivity index (χ1v) is 7.10. The van der Waals surface area contributed by atoms with Crippen LogP contribution in [0.2, 0.25) is 0 Å². The van der Waals surface area contributed by atoms with Crippen LogP contribution in [0.15, 0.2) is 0 Å². The van der Waals surface area contributed by atoms with Gasteiger partial charge in [-0.2, -0.15) is 17.4 Å². The largest absolute Gasteiger partial charge is 0.314 e. The molecule has 0 spiro atoms. The molecule has 0 saturated carbocycles. The molecule has 6 heteroatoms. The molecular weight excluding hydrogens is 226 g/mol. The molecule has 0 aromatic heterocycles. The topological polar surface area (TPSA) is 61.4 Å². The van der Waals surface area contributed by atoms with E-state index < -0.39 is 15.7 Å². The van der Waals surface area contributed by atoms with Crippen molar-refractivity contribution in [3.63, 3.8) is 0 Å². The molecule has 5 nitrogen and oxygen atoms in total. The molecule has 0 amide bonds. The zero-order valence-corrected chi connectivity index (χ0v) is 11.6. The smallest absolute Gasteiger partial charge is 0.280 e. The van der Waals surface area contributed by atoms with Gasteiger partial charge in [0, 0.05) is 30.7 Å². The molecule has 0 radical (unpaired) electrons. The molecule has 1 aliphatic rings.